The summed E-state index contributed by atoms with van der Waals surface area (Å²) in [6.45, 7) is 7.37. The number of hydrogen-bond acceptors (Lipinski definition) is 4. The first-order valence-corrected chi connectivity index (χ1v) is 8.14. The highest BCUT2D eigenvalue weighted by atomic mass is 16.5. The molecule has 0 saturated carbocycles. The van der Waals surface area contributed by atoms with E-state index in [9.17, 15) is 4.79 Å². The summed E-state index contributed by atoms with van der Waals surface area (Å²) in [5, 5.41) is 4.02. The molecule has 4 rings (SSSR count). The van der Waals surface area contributed by atoms with Crippen LogP contribution in [0.25, 0.3) is 0 Å². The van der Waals surface area contributed by atoms with E-state index in [2.05, 4.69) is 10.1 Å². The molecule has 1 amide bonds. The van der Waals surface area contributed by atoms with E-state index >= 15 is 0 Å². The van der Waals surface area contributed by atoms with Gasteiger partial charge in [0.05, 0.1) is 11.6 Å². The van der Waals surface area contributed by atoms with Crippen LogP contribution in [0.15, 0.2) is 34.9 Å². The van der Waals surface area contributed by atoms with Crippen LogP contribution in [0.4, 0.5) is 5.69 Å². The van der Waals surface area contributed by atoms with Crippen molar-refractivity contribution in [1.29, 1.82) is 0 Å². The summed E-state index contributed by atoms with van der Waals surface area (Å²) >= 11 is 0. The van der Waals surface area contributed by atoms with Gasteiger partial charge in [0.1, 0.15) is 5.76 Å². The number of aryl methyl sites for hydroxylation is 2. The molecule has 0 aliphatic carbocycles. The molecule has 2 aliphatic heterocycles. The molecule has 3 heterocycles. The molecule has 5 nitrogen and oxygen atoms in total. The molecule has 2 saturated heterocycles. The molecule has 2 aliphatic rings. The zero-order valence-electron chi connectivity index (χ0n) is 13.5. The first-order chi connectivity index (χ1) is 11.1. The molecule has 5 heteroatoms. The number of carbonyl (C=O) groups excluding carboxylic acids is 1. The highest BCUT2D eigenvalue weighted by molar-refractivity contribution is 5.98. The Kier molecular flexibility index (Phi) is 3.45. The zero-order chi connectivity index (χ0) is 16.0. The number of benzene rings is 1. The lowest BCUT2D eigenvalue weighted by atomic mass is 10.0. The van der Waals surface area contributed by atoms with Gasteiger partial charge in [-0.25, -0.2) is 0 Å². The number of carbonyl (C=O) groups is 1. The second kappa shape index (κ2) is 5.49. The minimum atomic E-state index is 0.121. The molecule has 0 bridgehead atoms. The van der Waals surface area contributed by atoms with Crippen LogP contribution in [-0.2, 0) is 11.3 Å². The second-order valence-electron chi connectivity index (χ2n) is 6.65. The van der Waals surface area contributed by atoms with Gasteiger partial charge in [0.2, 0.25) is 5.91 Å². The Morgan fingerprint density at radius 3 is 2.61 bits per heavy atom. The molecule has 2 atom stereocenters. The maximum Gasteiger partial charge on any atom is 0.231 e. The third-order valence-corrected chi connectivity index (χ3v) is 5.15. The third kappa shape index (κ3) is 2.45. The monoisotopic (exact) mass is 311 g/mol. The topological polar surface area (TPSA) is 49.6 Å². The molecule has 0 N–H and O–H groups in total. The summed E-state index contributed by atoms with van der Waals surface area (Å²) in [7, 11) is 0. The summed E-state index contributed by atoms with van der Waals surface area (Å²) in [6.07, 6.45) is 0. The maximum atomic E-state index is 12.7. The number of para-hydroxylation sites is 1. The van der Waals surface area contributed by atoms with Crippen LogP contribution in [0.5, 0.6) is 0 Å². The molecular formula is C18H21N3O2. The minimum Gasteiger partial charge on any atom is -0.361 e. The summed E-state index contributed by atoms with van der Waals surface area (Å²) in [5.74, 6) is 1.69. The van der Waals surface area contributed by atoms with Crippen molar-refractivity contribution in [1.82, 2.24) is 10.1 Å². The SMILES string of the molecule is Cc1noc(C)c1CN1C[C@H]2CN(c3ccccc3)C(=O)[C@H]2C1. The molecule has 0 unspecified atom stereocenters. The predicted molar refractivity (Wildman–Crippen MR) is 87.0 cm³/mol. The van der Waals surface area contributed by atoms with Crippen molar-refractivity contribution in [3.05, 3.63) is 47.3 Å². The number of aromatic nitrogens is 1. The Labute approximate surface area is 135 Å². The summed E-state index contributed by atoms with van der Waals surface area (Å²) in [4.78, 5) is 17.0. The number of rotatable bonds is 3. The smallest absolute Gasteiger partial charge is 0.231 e. The number of nitrogens with zero attached hydrogens (tertiary/aromatic N) is 3. The van der Waals surface area contributed by atoms with Crippen LogP contribution in [0.1, 0.15) is 17.0 Å². The van der Waals surface area contributed by atoms with Gasteiger partial charge in [-0.15, -0.1) is 0 Å². The number of anilines is 1. The van der Waals surface area contributed by atoms with Gasteiger partial charge in [-0.1, -0.05) is 23.4 Å². The van der Waals surface area contributed by atoms with Gasteiger partial charge in [-0.2, -0.15) is 0 Å². The van der Waals surface area contributed by atoms with Crippen molar-refractivity contribution >= 4 is 11.6 Å². The average Bonchev–Trinajstić information content (AvgIpc) is 3.19. The Morgan fingerprint density at radius 2 is 1.96 bits per heavy atom. The van der Waals surface area contributed by atoms with Crippen molar-refractivity contribution < 1.29 is 9.32 Å². The molecule has 1 aromatic carbocycles. The van der Waals surface area contributed by atoms with E-state index in [4.69, 9.17) is 4.52 Å². The molecule has 120 valence electrons. The van der Waals surface area contributed by atoms with E-state index in [1.54, 1.807) is 0 Å². The fourth-order valence-electron chi connectivity index (χ4n) is 3.87. The summed E-state index contributed by atoms with van der Waals surface area (Å²) < 4.78 is 5.24. The minimum absolute atomic E-state index is 0.121. The van der Waals surface area contributed by atoms with E-state index in [0.29, 0.717) is 5.92 Å². The Morgan fingerprint density at radius 1 is 1.17 bits per heavy atom. The first-order valence-electron chi connectivity index (χ1n) is 8.14. The quantitative estimate of drug-likeness (QED) is 0.873. The second-order valence-corrected chi connectivity index (χ2v) is 6.65. The molecule has 23 heavy (non-hydrogen) atoms. The van der Waals surface area contributed by atoms with E-state index in [0.717, 1.165) is 48.9 Å². The lowest BCUT2D eigenvalue weighted by Crippen LogP contribution is -2.32. The van der Waals surface area contributed by atoms with Crippen LogP contribution in [0, 0.1) is 25.7 Å². The highest BCUT2D eigenvalue weighted by Crippen LogP contribution is 2.35. The first kappa shape index (κ1) is 14.5. The predicted octanol–water partition coefficient (Wildman–Crippen LogP) is 2.39. The third-order valence-electron chi connectivity index (χ3n) is 5.15. The van der Waals surface area contributed by atoms with Crippen molar-refractivity contribution in [2.24, 2.45) is 11.8 Å². The van der Waals surface area contributed by atoms with Crippen LogP contribution < -0.4 is 4.90 Å². The fraction of sp³-hybridized carbons (Fsp3) is 0.444. The molecule has 2 aromatic rings. The van der Waals surface area contributed by atoms with Crippen molar-refractivity contribution in [3.8, 4) is 0 Å². The van der Waals surface area contributed by atoms with Gasteiger partial charge >= 0.3 is 0 Å². The van der Waals surface area contributed by atoms with Crippen LogP contribution >= 0.6 is 0 Å². The Balaban J connectivity index is 1.46. The van der Waals surface area contributed by atoms with E-state index < -0.39 is 0 Å². The van der Waals surface area contributed by atoms with E-state index in [1.807, 2.05) is 49.1 Å². The number of fused-ring (bicyclic) bond motifs is 1. The van der Waals surface area contributed by atoms with Gasteiger partial charge in [-0.05, 0) is 26.0 Å². The van der Waals surface area contributed by atoms with E-state index in [-0.39, 0.29) is 11.8 Å². The van der Waals surface area contributed by atoms with Crippen molar-refractivity contribution in [2.75, 3.05) is 24.5 Å². The fourth-order valence-corrected chi connectivity index (χ4v) is 3.87. The standard InChI is InChI=1S/C18H21N3O2/c1-12-16(13(2)23-19-12)10-20-8-14-9-21(18(22)17(14)11-20)15-6-4-3-5-7-15/h3-7,14,17H,8-11H2,1-2H3/t14-,17-/m0/s1. The lowest BCUT2D eigenvalue weighted by molar-refractivity contribution is -0.120. The number of amides is 1. The highest BCUT2D eigenvalue weighted by Gasteiger charge is 2.46. The van der Waals surface area contributed by atoms with Crippen LogP contribution in [0.3, 0.4) is 0 Å². The normalized spacial score (nSPS) is 24.4. The number of likely N-dealkylation sites (tertiary alicyclic amines) is 1. The van der Waals surface area contributed by atoms with Crippen molar-refractivity contribution in [3.63, 3.8) is 0 Å². The van der Waals surface area contributed by atoms with Gasteiger partial charge in [0, 0.05) is 43.3 Å². The molecule has 0 spiro atoms. The maximum absolute atomic E-state index is 12.7. The van der Waals surface area contributed by atoms with E-state index in [1.165, 1.54) is 0 Å². The lowest BCUT2D eigenvalue weighted by Gasteiger charge is -2.21. The summed E-state index contributed by atoms with van der Waals surface area (Å²) in [5.41, 5.74) is 3.14. The van der Waals surface area contributed by atoms with Crippen LogP contribution in [0.2, 0.25) is 0 Å². The summed E-state index contributed by atoms with van der Waals surface area (Å²) in [6, 6.07) is 9.98. The zero-order valence-corrected chi connectivity index (χ0v) is 13.5. The van der Waals surface area contributed by atoms with Gasteiger partial charge < -0.3 is 9.42 Å². The molecule has 1 aromatic heterocycles. The van der Waals surface area contributed by atoms with Crippen LogP contribution in [-0.4, -0.2) is 35.6 Å². The van der Waals surface area contributed by atoms with Gasteiger partial charge in [0.25, 0.3) is 0 Å². The van der Waals surface area contributed by atoms with Gasteiger partial charge in [0.15, 0.2) is 0 Å². The largest absolute Gasteiger partial charge is 0.361 e. The molecular weight excluding hydrogens is 290 g/mol. The Bertz CT molecular complexity index is 706. The Hall–Kier alpha value is -2.14. The van der Waals surface area contributed by atoms with Crippen molar-refractivity contribution in [2.45, 2.75) is 20.4 Å². The molecule has 0 radical (unpaired) electrons. The molecule has 2 fully saturated rings. The average molecular weight is 311 g/mol. The van der Waals surface area contributed by atoms with Gasteiger partial charge in [-0.3, -0.25) is 9.69 Å². The number of hydrogen-bond donors (Lipinski definition) is 0.